The molecular formula is C13H21ClN2O. The lowest BCUT2D eigenvalue weighted by atomic mass is 10.1. The Morgan fingerprint density at radius 2 is 2.12 bits per heavy atom. The molecule has 0 bridgehead atoms. The predicted molar refractivity (Wildman–Crippen MR) is 70.6 cm³/mol. The van der Waals surface area contributed by atoms with Crippen molar-refractivity contribution in [3.63, 3.8) is 0 Å². The lowest BCUT2D eigenvalue weighted by Crippen LogP contribution is -2.09. The first-order chi connectivity index (χ1) is 8.11. The smallest absolute Gasteiger partial charge is 0.232 e. The van der Waals surface area contributed by atoms with Gasteiger partial charge in [0.05, 0.1) is 18.5 Å². The number of alkyl halides is 1. The van der Waals surface area contributed by atoms with E-state index >= 15 is 0 Å². The van der Waals surface area contributed by atoms with Gasteiger partial charge in [-0.2, -0.15) is 0 Å². The van der Waals surface area contributed by atoms with E-state index < -0.39 is 0 Å². The molecule has 4 heteroatoms. The van der Waals surface area contributed by atoms with E-state index in [-0.39, 0.29) is 5.38 Å². The standard InChI is InChI=1S/C13H21ClN2O/c1-4-5-17-13-9-15-8-12(16-13)7-11(14)6-10(2)3/h8-11H,4-7H2,1-3H3. The van der Waals surface area contributed by atoms with Crippen molar-refractivity contribution >= 4 is 11.6 Å². The molecular weight excluding hydrogens is 236 g/mol. The fraction of sp³-hybridized carbons (Fsp3) is 0.692. The SMILES string of the molecule is CCCOc1cncc(CC(Cl)CC(C)C)n1. The lowest BCUT2D eigenvalue weighted by molar-refractivity contribution is 0.302. The number of hydrogen-bond acceptors (Lipinski definition) is 3. The number of hydrogen-bond donors (Lipinski definition) is 0. The largest absolute Gasteiger partial charge is 0.477 e. The third kappa shape index (κ3) is 5.87. The number of rotatable bonds is 7. The van der Waals surface area contributed by atoms with Gasteiger partial charge in [-0.05, 0) is 18.8 Å². The molecule has 1 rings (SSSR count). The van der Waals surface area contributed by atoms with Crippen molar-refractivity contribution in [2.24, 2.45) is 5.92 Å². The summed E-state index contributed by atoms with van der Waals surface area (Å²) in [4.78, 5) is 8.51. The molecule has 1 heterocycles. The maximum atomic E-state index is 6.26. The monoisotopic (exact) mass is 256 g/mol. The molecule has 0 N–H and O–H groups in total. The lowest BCUT2D eigenvalue weighted by Gasteiger charge is -2.11. The second kappa shape index (κ2) is 7.49. The highest BCUT2D eigenvalue weighted by Crippen LogP contribution is 2.16. The van der Waals surface area contributed by atoms with Gasteiger partial charge in [0, 0.05) is 18.0 Å². The van der Waals surface area contributed by atoms with Gasteiger partial charge in [0.15, 0.2) is 0 Å². The third-order valence-corrected chi connectivity index (χ3v) is 2.61. The van der Waals surface area contributed by atoms with Gasteiger partial charge in [0.1, 0.15) is 0 Å². The van der Waals surface area contributed by atoms with Crippen LogP contribution in [0.25, 0.3) is 0 Å². The maximum Gasteiger partial charge on any atom is 0.232 e. The molecule has 0 aliphatic rings. The van der Waals surface area contributed by atoms with Crippen LogP contribution < -0.4 is 4.74 Å². The predicted octanol–water partition coefficient (Wildman–Crippen LogP) is 3.46. The van der Waals surface area contributed by atoms with Gasteiger partial charge in [-0.25, -0.2) is 4.98 Å². The van der Waals surface area contributed by atoms with Crippen LogP contribution in [0.15, 0.2) is 12.4 Å². The molecule has 0 saturated heterocycles. The van der Waals surface area contributed by atoms with Gasteiger partial charge in [0.2, 0.25) is 5.88 Å². The Balaban J connectivity index is 2.52. The summed E-state index contributed by atoms with van der Waals surface area (Å²) >= 11 is 6.26. The van der Waals surface area contributed by atoms with Crippen LogP contribution in [0.2, 0.25) is 0 Å². The minimum atomic E-state index is 0.116. The second-order valence-corrected chi connectivity index (χ2v) is 5.25. The molecule has 1 aromatic heterocycles. The number of aromatic nitrogens is 2. The van der Waals surface area contributed by atoms with Crippen LogP contribution in [0.5, 0.6) is 5.88 Å². The van der Waals surface area contributed by atoms with Gasteiger partial charge in [-0.15, -0.1) is 11.6 Å². The summed E-state index contributed by atoms with van der Waals surface area (Å²) in [5.74, 6) is 1.20. The van der Waals surface area contributed by atoms with E-state index in [9.17, 15) is 0 Å². The highest BCUT2D eigenvalue weighted by molar-refractivity contribution is 6.20. The molecule has 0 aliphatic carbocycles. The van der Waals surface area contributed by atoms with Gasteiger partial charge in [-0.1, -0.05) is 20.8 Å². The van der Waals surface area contributed by atoms with E-state index in [4.69, 9.17) is 16.3 Å². The van der Waals surface area contributed by atoms with Crippen LogP contribution in [0.4, 0.5) is 0 Å². The fourth-order valence-corrected chi connectivity index (χ4v) is 2.10. The first-order valence-corrected chi connectivity index (χ1v) is 6.63. The molecule has 0 amide bonds. The van der Waals surface area contributed by atoms with Crippen molar-refractivity contribution in [3.05, 3.63) is 18.1 Å². The average Bonchev–Trinajstić information content (AvgIpc) is 2.25. The Bertz CT molecular complexity index is 331. The Hall–Kier alpha value is -0.830. The fourth-order valence-electron chi connectivity index (χ4n) is 1.58. The first kappa shape index (κ1) is 14.2. The van der Waals surface area contributed by atoms with Gasteiger partial charge < -0.3 is 4.74 Å². The van der Waals surface area contributed by atoms with Crippen LogP contribution in [0.3, 0.4) is 0 Å². The normalized spacial score (nSPS) is 12.8. The Morgan fingerprint density at radius 3 is 2.76 bits per heavy atom. The quantitative estimate of drug-likeness (QED) is 0.701. The first-order valence-electron chi connectivity index (χ1n) is 6.19. The van der Waals surface area contributed by atoms with Crippen molar-refractivity contribution in [1.82, 2.24) is 9.97 Å². The second-order valence-electron chi connectivity index (χ2n) is 4.63. The van der Waals surface area contributed by atoms with Crippen molar-refractivity contribution < 1.29 is 4.74 Å². The summed E-state index contributed by atoms with van der Waals surface area (Å²) < 4.78 is 5.44. The molecule has 0 aliphatic heterocycles. The van der Waals surface area contributed by atoms with Crippen molar-refractivity contribution in [2.45, 2.75) is 45.4 Å². The molecule has 0 fully saturated rings. The molecule has 0 spiro atoms. The molecule has 0 radical (unpaired) electrons. The van der Waals surface area contributed by atoms with E-state index in [1.165, 1.54) is 0 Å². The Morgan fingerprint density at radius 1 is 1.35 bits per heavy atom. The van der Waals surface area contributed by atoms with Crippen molar-refractivity contribution in [2.75, 3.05) is 6.61 Å². The minimum Gasteiger partial charge on any atom is -0.477 e. The van der Waals surface area contributed by atoms with E-state index in [0.29, 0.717) is 18.4 Å². The van der Waals surface area contributed by atoms with E-state index in [1.54, 1.807) is 12.4 Å². The van der Waals surface area contributed by atoms with Gasteiger partial charge in [-0.3, -0.25) is 4.98 Å². The molecule has 0 saturated carbocycles. The van der Waals surface area contributed by atoms with Crippen LogP contribution in [-0.4, -0.2) is 22.0 Å². The van der Waals surface area contributed by atoms with Crippen LogP contribution >= 0.6 is 11.6 Å². The van der Waals surface area contributed by atoms with Gasteiger partial charge >= 0.3 is 0 Å². The summed E-state index contributed by atoms with van der Waals surface area (Å²) in [6.45, 7) is 7.08. The highest BCUT2D eigenvalue weighted by atomic mass is 35.5. The molecule has 1 atom stereocenters. The maximum absolute atomic E-state index is 6.26. The summed E-state index contributed by atoms with van der Waals surface area (Å²) in [6.07, 6.45) is 6.11. The zero-order chi connectivity index (χ0) is 12.7. The van der Waals surface area contributed by atoms with Crippen LogP contribution in [-0.2, 0) is 6.42 Å². The Kier molecular flexibility index (Phi) is 6.27. The topological polar surface area (TPSA) is 35.0 Å². The van der Waals surface area contributed by atoms with Crippen LogP contribution in [0, 0.1) is 5.92 Å². The average molecular weight is 257 g/mol. The minimum absolute atomic E-state index is 0.116. The molecule has 1 unspecified atom stereocenters. The van der Waals surface area contributed by atoms with Crippen molar-refractivity contribution in [3.8, 4) is 5.88 Å². The van der Waals surface area contributed by atoms with E-state index in [1.807, 2.05) is 0 Å². The Labute approximate surface area is 109 Å². The zero-order valence-electron chi connectivity index (χ0n) is 10.8. The molecule has 3 nitrogen and oxygen atoms in total. The number of ether oxygens (including phenoxy) is 1. The highest BCUT2D eigenvalue weighted by Gasteiger charge is 2.10. The molecule has 1 aromatic rings. The van der Waals surface area contributed by atoms with E-state index in [2.05, 4.69) is 30.7 Å². The molecule has 96 valence electrons. The molecule has 17 heavy (non-hydrogen) atoms. The summed E-state index contributed by atoms with van der Waals surface area (Å²) in [6, 6.07) is 0. The summed E-state index contributed by atoms with van der Waals surface area (Å²) in [5.41, 5.74) is 0.902. The summed E-state index contributed by atoms with van der Waals surface area (Å²) in [5, 5.41) is 0.116. The zero-order valence-corrected chi connectivity index (χ0v) is 11.6. The summed E-state index contributed by atoms with van der Waals surface area (Å²) in [7, 11) is 0. The molecule has 0 aromatic carbocycles. The number of nitrogens with zero attached hydrogens (tertiary/aromatic N) is 2. The third-order valence-electron chi connectivity index (χ3n) is 2.27. The van der Waals surface area contributed by atoms with Gasteiger partial charge in [0.25, 0.3) is 0 Å². The van der Waals surface area contributed by atoms with E-state index in [0.717, 1.165) is 25.0 Å². The van der Waals surface area contributed by atoms with Crippen LogP contribution in [0.1, 0.15) is 39.3 Å². The number of halogens is 1. The van der Waals surface area contributed by atoms with Crippen molar-refractivity contribution in [1.29, 1.82) is 0 Å².